The van der Waals surface area contributed by atoms with Crippen molar-refractivity contribution in [2.45, 2.75) is 0 Å². The van der Waals surface area contributed by atoms with Gasteiger partial charge in [-0.1, -0.05) is 0 Å². The zero-order chi connectivity index (χ0) is 7.15. The molecule has 0 saturated carbocycles. The van der Waals surface area contributed by atoms with Crippen LogP contribution in [0.5, 0.6) is 0 Å². The zero-order valence-corrected chi connectivity index (χ0v) is 5.93. The van der Waals surface area contributed by atoms with Crippen LogP contribution >= 0.6 is 0 Å². The Bertz CT molecular complexity index is 69.1. The summed E-state index contributed by atoms with van der Waals surface area (Å²) in [6.07, 6.45) is 0. The molecule has 0 atom stereocenters. The van der Waals surface area contributed by atoms with E-state index in [9.17, 15) is 0 Å². The first-order valence-corrected chi connectivity index (χ1v) is 1.10. The molecule has 0 aliphatic rings. The van der Waals surface area contributed by atoms with Crippen molar-refractivity contribution < 1.29 is 31.2 Å². The molecule has 0 rings (SSSR count). The summed E-state index contributed by atoms with van der Waals surface area (Å²) in [6.45, 7) is 0. The van der Waals surface area contributed by atoms with E-state index in [-0.39, 0.29) is 21.1 Å². The average molecular weight is 319 g/mol. The van der Waals surface area contributed by atoms with Crippen molar-refractivity contribution >= 4 is 0 Å². The van der Waals surface area contributed by atoms with Crippen LogP contribution in [-0.2, 0) is 21.1 Å². The van der Waals surface area contributed by atoms with Crippen LogP contribution < -0.4 is 0 Å². The van der Waals surface area contributed by atoms with Gasteiger partial charge in [0.15, 0.2) is 0 Å². The molecule has 0 aromatic rings. The van der Waals surface area contributed by atoms with Gasteiger partial charge in [-0.05, 0) is 0 Å². The predicted octanol–water partition coefficient (Wildman–Crippen LogP) is -0.481. The second kappa shape index (κ2) is 10.1. The Balaban J connectivity index is -0.0000000720. The minimum Gasteiger partial charge on any atom is -0.356 e. The summed E-state index contributed by atoms with van der Waals surface area (Å²) in [4.78, 5) is 16.5. The van der Waals surface area contributed by atoms with Crippen LogP contribution in [0.25, 0.3) is 0 Å². The number of hydrogen-bond acceptors (Lipinski definition) is 6. The molecule has 9 heteroatoms. The first-order chi connectivity index (χ1) is 3.46. The molecule has 9 heavy (non-hydrogen) atoms. The SMILES string of the molecule is O=[N+]([O-])[O-].O=[N+]([O-])[O-].[Pt+2]. The van der Waals surface area contributed by atoms with Gasteiger partial charge in [0, 0.05) is 0 Å². The van der Waals surface area contributed by atoms with Gasteiger partial charge >= 0.3 is 21.1 Å². The fourth-order valence-electron chi connectivity index (χ4n) is 0. The average Bonchev–Trinajstić information content (AvgIpc) is 1.25. The van der Waals surface area contributed by atoms with E-state index in [4.69, 9.17) is 30.6 Å². The first kappa shape index (κ1) is 15.7. The fourth-order valence-corrected chi connectivity index (χ4v) is 0. The molecule has 0 aliphatic carbocycles. The van der Waals surface area contributed by atoms with Gasteiger partial charge in [0.25, 0.3) is 0 Å². The van der Waals surface area contributed by atoms with E-state index < -0.39 is 10.2 Å². The van der Waals surface area contributed by atoms with Crippen LogP contribution in [0.1, 0.15) is 0 Å². The molecule has 56 valence electrons. The summed E-state index contributed by atoms with van der Waals surface area (Å²) < 4.78 is 0. The van der Waals surface area contributed by atoms with E-state index in [1.165, 1.54) is 0 Å². The van der Waals surface area contributed by atoms with E-state index in [0.29, 0.717) is 0 Å². The molecule has 0 radical (unpaired) electrons. The summed E-state index contributed by atoms with van der Waals surface area (Å²) in [5.41, 5.74) is 0. The third kappa shape index (κ3) is 221. The molecular formula is N2O6Pt. The second-order valence-corrected chi connectivity index (χ2v) is 0.447. The second-order valence-electron chi connectivity index (χ2n) is 0.447. The molecular weight excluding hydrogens is 319 g/mol. The summed E-state index contributed by atoms with van der Waals surface area (Å²) >= 11 is 0. The van der Waals surface area contributed by atoms with Gasteiger partial charge in [0.2, 0.25) is 0 Å². The standard InChI is InChI=1S/2NO3.Pt/c2*2-1(3)4;/q2*-1;+2. The maximum Gasteiger partial charge on any atom is 2.00 e. The van der Waals surface area contributed by atoms with E-state index in [1.807, 2.05) is 0 Å². The van der Waals surface area contributed by atoms with Crippen LogP contribution in [0.2, 0.25) is 0 Å². The Labute approximate surface area is 62.6 Å². The summed E-state index contributed by atoms with van der Waals surface area (Å²) in [6, 6.07) is 0. The molecule has 0 heterocycles. The monoisotopic (exact) mass is 319 g/mol. The van der Waals surface area contributed by atoms with Gasteiger partial charge in [-0.25, -0.2) is 0 Å². The molecule has 0 saturated heterocycles. The molecule has 0 amide bonds. The molecule has 0 aromatic heterocycles. The molecule has 0 spiro atoms. The number of nitrogens with zero attached hydrogens (tertiary/aromatic N) is 2. The van der Waals surface area contributed by atoms with Gasteiger partial charge in [-0.3, -0.25) is 0 Å². The van der Waals surface area contributed by atoms with Gasteiger partial charge in [-0.15, -0.1) is 0 Å². The quantitative estimate of drug-likeness (QED) is 0.437. The van der Waals surface area contributed by atoms with Gasteiger partial charge in [-0.2, -0.15) is 0 Å². The van der Waals surface area contributed by atoms with Crippen molar-refractivity contribution in [3.05, 3.63) is 30.6 Å². The van der Waals surface area contributed by atoms with Gasteiger partial charge < -0.3 is 30.6 Å². The van der Waals surface area contributed by atoms with E-state index >= 15 is 0 Å². The minimum absolute atomic E-state index is 0. The smallest absolute Gasteiger partial charge is 0.356 e. The van der Waals surface area contributed by atoms with Crippen molar-refractivity contribution in [3.8, 4) is 0 Å². The number of rotatable bonds is 0. The van der Waals surface area contributed by atoms with Crippen LogP contribution in [0.3, 0.4) is 0 Å². The Morgan fingerprint density at radius 3 is 0.778 bits per heavy atom. The van der Waals surface area contributed by atoms with Crippen molar-refractivity contribution in [2.24, 2.45) is 0 Å². The zero-order valence-electron chi connectivity index (χ0n) is 3.66. The van der Waals surface area contributed by atoms with E-state index in [2.05, 4.69) is 0 Å². The Hall–Kier alpha value is -0.912. The normalized spacial score (nSPS) is 5.33. The molecule has 0 fully saturated rings. The first-order valence-electron chi connectivity index (χ1n) is 1.10. The van der Waals surface area contributed by atoms with E-state index in [1.54, 1.807) is 0 Å². The Morgan fingerprint density at radius 1 is 0.778 bits per heavy atom. The van der Waals surface area contributed by atoms with Crippen LogP contribution in [0.4, 0.5) is 0 Å². The van der Waals surface area contributed by atoms with Crippen molar-refractivity contribution in [1.82, 2.24) is 0 Å². The third-order valence-corrected chi connectivity index (χ3v) is 0. The molecule has 8 nitrogen and oxygen atoms in total. The maximum absolute atomic E-state index is 8.25. The predicted molar refractivity (Wildman–Crippen MR) is 20.7 cm³/mol. The molecule has 0 aromatic carbocycles. The Morgan fingerprint density at radius 2 is 0.778 bits per heavy atom. The van der Waals surface area contributed by atoms with Gasteiger partial charge in [0.05, 0.1) is 10.2 Å². The summed E-state index contributed by atoms with van der Waals surface area (Å²) in [5, 5.41) is 29.5. The van der Waals surface area contributed by atoms with Crippen molar-refractivity contribution in [3.63, 3.8) is 0 Å². The van der Waals surface area contributed by atoms with Crippen LogP contribution in [-0.4, -0.2) is 10.2 Å². The summed E-state index contributed by atoms with van der Waals surface area (Å²) in [5.74, 6) is 0. The van der Waals surface area contributed by atoms with Gasteiger partial charge in [0.1, 0.15) is 0 Å². The maximum atomic E-state index is 8.25. The van der Waals surface area contributed by atoms with Crippen LogP contribution in [0, 0.1) is 30.6 Å². The third-order valence-electron chi connectivity index (χ3n) is 0. The Kier molecular flexibility index (Phi) is 17.7. The van der Waals surface area contributed by atoms with Crippen LogP contribution in [0.15, 0.2) is 0 Å². The fraction of sp³-hybridized carbons (Fsp3) is 0. The minimum atomic E-state index is -1.75. The molecule has 0 bridgehead atoms. The molecule has 0 N–H and O–H groups in total. The largest absolute Gasteiger partial charge is 2.00 e. The number of hydrogen-bond donors (Lipinski definition) is 0. The van der Waals surface area contributed by atoms with Crippen molar-refractivity contribution in [1.29, 1.82) is 0 Å². The molecule has 0 aliphatic heterocycles. The van der Waals surface area contributed by atoms with Crippen molar-refractivity contribution in [2.75, 3.05) is 0 Å². The van der Waals surface area contributed by atoms with E-state index in [0.717, 1.165) is 0 Å². The topological polar surface area (TPSA) is 132 Å². The molecule has 0 unspecified atom stereocenters. The summed E-state index contributed by atoms with van der Waals surface area (Å²) in [7, 11) is 0.